The number of amides is 1. The normalized spacial score (nSPS) is 10.6. The molecule has 0 unspecified atom stereocenters. The van der Waals surface area contributed by atoms with Crippen molar-refractivity contribution >= 4 is 28.6 Å². The van der Waals surface area contributed by atoms with E-state index in [9.17, 15) is 19.1 Å². The number of halogens is 1. The number of hydrogen-bond acceptors (Lipinski definition) is 7. The lowest BCUT2D eigenvalue weighted by Crippen LogP contribution is -2.18. The fourth-order valence-electron chi connectivity index (χ4n) is 2.88. The minimum absolute atomic E-state index is 0.0256. The SMILES string of the molecule is COc1ccc(Oc2nc3ccccc3nc2C(=O)Nc2cccnc2C(=O)O)cc1F. The summed E-state index contributed by atoms with van der Waals surface area (Å²) in [5.74, 6) is -2.84. The number of carboxylic acid groups (broad SMARTS) is 1. The largest absolute Gasteiger partial charge is 0.494 e. The number of carboxylic acids is 1. The van der Waals surface area contributed by atoms with Gasteiger partial charge in [-0.15, -0.1) is 0 Å². The molecule has 160 valence electrons. The summed E-state index contributed by atoms with van der Waals surface area (Å²) in [4.78, 5) is 36.8. The van der Waals surface area contributed by atoms with Crippen molar-refractivity contribution in [2.45, 2.75) is 0 Å². The van der Waals surface area contributed by atoms with Crippen LogP contribution in [-0.4, -0.2) is 39.0 Å². The van der Waals surface area contributed by atoms with Gasteiger partial charge in [-0.3, -0.25) is 4.79 Å². The number of aromatic carboxylic acids is 1. The van der Waals surface area contributed by atoms with Crippen molar-refractivity contribution in [3.05, 3.63) is 78.0 Å². The molecule has 0 radical (unpaired) electrons. The molecule has 0 aliphatic heterocycles. The average Bonchev–Trinajstić information content (AvgIpc) is 2.79. The molecule has 1 amide bonds. The molecule has 0 saturated heterocycles. The van der Waals surface area contributed by atoms with Crippen molar-refractivity contribution in [3.63, 3.8) is 0 Å². The number of nitrogens with one attached hydrogen (secondary N) is 1. The number of carbonyl (C=O) groups excluding carboxylic acids is 1. The number of ether oxygens (including phenoxy) is 2. The van der Waals surface area contributed by atoms with Crippen LogP contribution in [0.5, 0.6) is 17.4 Å². The molecule has 2 aromatic heterocycles. The molecular formula is C22H15FN4O5. The van der Waals surface area contributed by atoms with Crippen LogP contribution in [0.2, 0.25) is 0 Å². The van der Waals surface area contributed by atoms with E-state index in [4.69, 9.17) is 9.47 Å². The Balaban J connectivity index is 1.75. The Morgan fingerprint density at radius 3 is 2.44 bits per heavy atom. The van der Waals surface area contributed by atoms with E-state index in [2.05, 4.69) is 20.3 Å². The predicted octanol–water partition coefficient (Wildman–Crippen LogP) is 3.92. The number of nitrogens with zero attached hydrogens (tertiary/aromatic N) is 3. The van der Waals surface area contributed by atoms with Crippen molar-refractivity contribution in [3.8, 4) is 17.4 Å². The molecule has 2 N–H and O–H groups in total. The fourth-order valence-corrected chi connectivity index (χ4v) is 2.88. The van der Waals surface area contributed by atoms with Gasteiger partial charge in [-0.2, -0.15) is 0 Å². The topological polar surface area (TPSA) is 124 Å². The average molecular weight is 434 g/mol. The zero-order valence-corrected chi connectivity index (χ0v) is 16.6. The number of hydrogen-bond donors (Lipinski definition) is 2. The van der Waals surface area contributed by atoms with Crippen LogP contribution < -0.4 is 14.8 Å². The van der Waals surface area contributed by atoms with E-state index in [1.807, 2.05) is 0 Å². The molecule has 2 aromatic carbocycles. The molecule has 0 saturated carbocycles. The molecule has 0 fully saturated rings. The van der Waals surface area contributed by atoms with Gasteiger partial charge in [0.2, 0.25) is 0 Å². The Labute approximate surface area is 180 Å². The summed E-state index contributed by atoms with van der Waals surface area (Å²) in [5.41, 5.74) is 0.270. The van der Waals surface area contributed by atoms with E-state index in [1.165, 1.54) is 37.6 Å². The Kier molecular flexibility index (Phi) is 5.58. The molecule has 10 heteroatoms. The zero-order valence-electron chi connectivity index (χ0n) is 16.6. The number of fused-ring (bicyclic) bond motifs is 1. The lowest BCUT2D eigenvalue weighted by molar-refractivity contribution is 0.0691. The summed E-state index contributed by atoms with van der Waals surface area (Å²) < 4.78 is 24.7. The maximum Gasteiger partial charge on any atom is 0.356 e. The number of pyridine rings is 1. The van der Waals surface area contributed by atoms with Gasteiger partial charge < -0.3 is 19.9 Å². The van der Waals surface area contributed by atoms with Crippen LogP contribution in [0, 0.1) is 5.82 Å². The smallest absolute Gasteiger partial charge is 0.356 e. The van der Waals surface area contributed by atoms with Crippen LogP contribution in [0.4, 0.5) is 10.1 Å². The van der Waals surface area contributed by atoms with Crippen LogP contribution >= 0.6 is 0 Å². The highest BCUT2D eigenvalue weighted by molar-refractivity contribution is 6.08. The summed E-state index contributed by atoms with van der Waals surface area (Å²) >= 11 is 0. The number of carbonyl (C=O) groups is 2. The number of aromatic nitrogens is 3. The van der Waals surface area contributed by atoms with Crippen molar-refractivity contribution in [2.75, 3.05) is 12.4 Å². The van der Waals surface area contributed by atoms with Gasteiger partial charge in [-0.25, -0.2) is 24.1 Å². The lowest BCUT2D eigenvalue weighted by Gasteiger charge is -2.12. The van der Waals surface area contributed by atoms with Gasteiger partial charge >= 0.3 is 5.97 Å². The Morgan fingerprint density at radius 2 is 1.75 bits per heavy atom. The summed E-state index contributed by atoms with van der Waals surface area (Å²) in [6.07, 6.45) is 1.29. The van der Waals surface area contributed by atoms with Gasteiger partial charge in [0.05, 0.1) is 23.8 Å². The van der Waals surface area contributed by atoms with E-state index in [-0.39, 0.29) is 34.5 Å². The number of rotatable bonds is 6. The molecule has 0 aliphatic carbocycles. The predicted molar refractivity (Wildman–Crippen MR) is 112 cm³/mol. The molecule has 0 spiro atoms. The Bertz CT molecular complexity index is 1350. The molecule has 9 nitrogen and oxygen atoms in total. The number of anilines is 1. The van der Waals surface area contributed by atoms with Gasteiger partial charge in [0.1, 0.15) is 5.75 Å². The summed E-state index contributed by atoms with van der Waals surface area (Å²) in [7, 11) is 1.33. The van der Waals surface area contributed by atoms with Crippen molar-refractivity contribution in [1.82, 2.24) is 15.0 Å². The van der Waals surface area contributed by atoms with E-state index < -0.39 is 17.7 Å². The molecule has 4 rings (SSSR count). The summed E-state index contributed by atoms with van der Waals surface area (Å²) in [6, 6.07) is 13.6. The Morgan fingerprint density at radius 1 is 1.00 bits per heavy atom. The van der Waals surface area contributed by atoms with Gasteiger partial charge in [0.25, 0.3) is 11.8 Å². The molecule has 0 aliphatic rings. The lowest BCUT2D eigenvalue weighted by atomic mass is 10.2. The van der Waals surface area contributed by atoms with Gasteiger partial charge in [0, 0.05) is 12.3 Å². The molecule has 0 atom stereocenters. The molecule has 2 heterocycles. The minimum Gasteiger partial charge on any atom is -0.494 e. The third-order valence-electron chi connectivity index (χ3n) is 4.35. The third kappa shape index (κ3) is 4.15. The van der Waals surface area contributed by atoms with Crippen LogP contribution in [0.15, 0.2) is 60.8 Å². The quantitative estimate of drug-likeness (QED) is 0.468. The number of methoxy groups -OCH3 is 1. The second-order valence-corrected chi connectivity index (χ2v) is 6.42. The molecule has 0 bridgehead atoms. The Hall–Kier alpha value is -4.60. The summed E-state index contributed by atoms with van der Waals surface area (Å²) in [6.45, 7) is 0. The minimum atomic E-state index is -1.31. The van der Waals surface area contributed by atoms with Crippen molar-refractivity contribution in [1.29, 1.82) is 0 Å². The monoisotopic (exact) mass is 434 g/mol. The van der Waals surface area contributed by atoms with Gasteiger partial charge in [-0.05, 0) is 36.4 Å². The standard InChI is InChI=1S/C22H15FN4O5/c1-31-17-9-8-12(11-13(17)23)32-21-19(25-14-5-2-3-6-15(14)27-21)20(28)26-16-7-4-10-24-18(16)22(29)30/h2-11H,1H3,(H,26,28)(H,29,30). The van der Waals surface area contributed by atoms with E-state index in [1.54, 1.807) is 24.3 Å². The van der Waals surface area contributed by atoms with E-state index in [0.29, 0.717) is 11.0 Å². The van der Waals surface area contributed by atoms with Crippen LogP contribution in [0.25, 0.3) is 11.0 Å². The van der Waals surface area contributed by atoms with E-state index >= 15 is 0 Å². The maximum absolute atomic E-state index is 14.1. The number of para-hydroxylation sites is 2. The maximum atomic E-state index is 14.1. The molecule has 4 aromatic rings. The first kappa shape index (κ1) is 20.7. The second kappa shape index (κ2) is 8.64. The zero-order chi connectivity index (χ0) is 22.7. The van der Waals surface area contributed by atoms with Gasteiger partial charge in [0.15, 0.2) is 23.0 Å². The summed E-state index contributed by atoms with van der Waals surface area (Å²) in [5, 5.41) is 11.8. The van der Waals surface area contributed by atoms with Crippen molar-refractivity contribution < 1.29 is 28.6 Å². The van der Waals surface area contributed by atoms with Gasteiger partial charge in [-0.1, -0.05) is 12.1 Å². The van der Waals surface area contributed by atoms with Crippen LogP contribution in [0.1, 0.15) is 21.0 Å². The van der Waals surface area contributed by atoms with E-state index in [0.717, 1.165) is 6.07 Å². The second-order valence-electron chi connectivity index (χ2n) is 6.42. The highest BCUT2D eigenvalue weighted by atomic mass is 19.1. The first-order chi connectivity index (χ1) is 15.5. The molecule has 32 heavy (non-hydrogen) atoms. The number of benzene rings is 2. The highest BCUT2D eigenvalue weighted by Gasteiger charge is 2.22. The fraction of sp³-hybridized carbons (Fsp3) is 0.0455. The third-order valence-corrected chi connectivity index (χ3v) is 4.35. The molecular weight excluding hydrogens is 419 g/mol. The van der Waals surface area contributed by atoms with Crippen LogP contribution in [0.3, 0.4) is 0 Å². The highest BCUT2D eigenvalue weighted by Crippen LogP contribution is 2.29. The first-order valence-corrected chi connectivity index (χ1v) is 9.24. The van der Waals surface area contributed by atoms with Crippen molar-refractivity contribution in [2.24, 2.45) is 0 Å². The van der Waals surface area contributed by atoms with Crippen LogP contribution in [-0.2, 0) is 0 Å². The first-order valence-electron chi connectivity index (χ1n) is 9.24.